The van der Waals surface area contributed by atoms with Crippen LogP contribution in [0.5, 0.6) is 34.5 Å². The molecule has 4 aromatic rings. The number of furan rings is 1. The second kappa shape index (κ2) is 9.60. The zero-order valence-electron chi connectivity index (χ0n) is 18.8. The Bertz CT molecular complexity index is 1370. The zero-order valence-corrected chi connectivity index (χ0v) is 18.8. The van der Waals surface area contributed by atoms with Gasteiger partial charge in [0.25, 0.3) is 0 Å². The molecule has 0 aliphatic rings. The highest BCUT2D eigenvalue weighted by atomic mass is 16.5. The second-order valence-electron chi connectivity index (χ2n) is 7.47. The number of phenols is 3. The quantitative estimate of drug-likeness (QED) is 0.275. The van der Waals surface area contributed by atoms with Crippen molar-refractivity contribution in [3.63, 3.8) is 0 Å². The lowest BCUT2D eigenvalue weighted by molar-refractivity contribution is 0.0658. The fourth-order valence-electron chi connectivity index (χ4n) is 3.64. The molecule has 180 valence electrons. The van der Waals surface area contributed by atoms with Gasteiger partial charge in [-0.25, -0.2) is 4.79 Å². The van der Waals surface area contributed by atoms with Gasteiger partial charge in [0.2, 0.25) is 5.76 Å². The molecule has 0 aliphatic heterocycles. The molecule has 0 spiro atoms. The zero-order chi connectivity index (χ0) is 25.1. The van der Waals surface area contributed by atoms with E-state index in [-0.39, 0.29) is 46.9 Å². The number of phenolic OH excluding ortho intramolecular Hbond substituents is 3. The minimum atomic E-state index is -1.19. The van der Waals surface area contributed by atoms with E-state index in [4.69, 9.17) is 23.7 Å². The number of hydrogen-bond donors (Lipinski definition) is 4. The summed E-state index contributed by atoms with van der Waals surface area (Å²) in [7, 11) is 2.88. The Hall–Kier alpha value is -4.79. The van der Waals surface area contributed by atoms with Gasteiger partial charge >= 0.3 is 5.97 Å². The Morgan fingerprint density at radius 3 is 2.17 bits per heavy atom. The van der Waals surface area contributed by atoms with E-state index in [2.05, 4.69) is 0 Å². The van der Waals surface area contributed by atoms with E-state index >= 15 is 0 Å². The largest absolute Gasteiger partial charge is 0.508 e. The van der Waals surface area contributed by atoms with E-state index in [1.165, 1.54) is 50.6 Å². The predicted octanol–water partition coefficient (Wildman–Crippen LogP) is 5.02. The third kappa shape index (κ3) is 4.65. The topological polar surface area (TPSA) is 139 Å². The average molecular weight is 478 g/mol. The van der Waals surface area contributed by atoms with Crippen LogP contribution in [0.1, 0.15) is 16.3 Å². The molecule has 0 fully saturated rings. The summed E-state index contributed by atoms with van der Waals surface area (Å²) >= 11 is 0. The summed E-state index contributed by atoms with van der Waals surface area (Å²) in [5.41, 5.74) is 1.97. The van der Waals surface area contributed by atoms with Crippen molar-refractivity contribution in [1.82, 2.24) is 0 Å². The first-order valence-electron chi connectivity index (χ1n) is 10.4. The predicted molar refractivity (Wildman–Crippen MR) is 125 cm³/mol. The lowest BCUT2D eigenvalue weighted by Gasteiger charge is -2.18. The van der Waals surface area contributed by atoms with Crippen molar-refractivity contribution in [3.05, 3.63) is 72.2 Å². The van der Waals surface area contributed by atoms with Crippen LogP contribution < -0.4 is 14.2 Å². The van der Waals surface area contributed by atoms with Gasteiger partial charge in [-0.3, -0.25) is 0 Å². The Kier molecular flexibility index (Phi) is 6.41. The number of hydrogen-bond acceptors (Lipinski definition) is 8. The van der Waals surface area contributed by atoms with E-state index in [1.54, 1.807) is 24.3 Å². The van der Waals surface area contributed by atoms with Crippen LogP contribution in [0.15, 0.2) is 65.1 Å². The molecule has 1 heterocycles. The monoisotopic (exact) mass is 478 g/mol. The number of ether oxygens (including phenoxy) is 3. The molecule has 0 radical (unpaired) electrons. The molecule has 0 unspecified atom stereocenters. The van der Waals surface area contributed by atoms with Gasteiger partial charge in [-0.15, -0.1) is 0 Å². The van der Waals surface area contributed by atoms with Gasteiger partial charge in [-0.2, -0.15) is 0 Å². The van der Waals surface area contributed by atoms with Crippen molar-refractivity contribution < 1.29 is 43.8 Å². The third-order valence-corrected chi connectivity index (χ3v) is 5.31. The number of aromatic hydroxyl groups is 3. The molecule has 4 rings (SSSR count). The number of benzene rings is 3. The van der Waals surface area contributed by atoms with Gasteiger partial charge in [-0.05, 0) is 53.6 Å². The van der Waals surface area contributed by atoms with E-state index in [0.29, 0.717) is 28.0 Å². The third-order valence-electron chi connectivity index (χ3n) is 5.31. The molecule has 35 heavy (non-hydrogen) atoms. The molecule has 0 aliphatic carbocycles. The van der Waals surface area contributed by atoms with Crippen LogP contribution >= 0.6 is 0 Å². The number of methoxy groups -OCH3 is 2. The van der Waals surface area contributed by atoms with Crippen molar-refractivity contribution >= 4 is 5.97 Å². The summed E-state index contributed by atoms with van der Waals surface area (Å²) in [6, 6.07) is 15.4. The first-order chi connectivity index (χ1) is 16.8. The molecular formula is C26H22O9. The van der Waals surface area contributed by atoms with Crippen molar-refractivity contribution in [1.29, 1.82) is 0 Å². The van der Waals surface area contributed by atoms with Gasteiger partial charge in [0.05, 0.1) is 19.8 Å². The standard InChI is InChI=1S/C26H22O9/c1-32-22-12-18(14-3-6-16(27)7-4-14)25(33-2)24(29)23(22)15-5-9-20(19(28)11-15)34-13-17-8-10-21(35-17)26(30)31/h3-12,27-29H,13H2,1-2H3,(H,30,31). The molecule has 4 N–H and O–H groups in total. The van der Waals surface area contributed by atoms with E-state index in [0.717, 1.165) is 0 Å². The number of rotatable bonds is 8. The maximum Gasteiger partial charge on any atom is 0.371 e. The van der Waals surface area contributed by atoms with E-state index < -0.39 is 5.97 Å². The number of aromatic carboxylic acids is 1. The van der Waals surface area contributed by atoms with E-state index in [1.807, 2.05) is 0 Å². The smallest absolute Gasteiger partial charge is 0.371 e. The fraction of sp³-hybridized carbons (Fsp3) is 0.115. The number of carboxylic acid groups (broad SMARTS) is 1. The molecular weight excluding hydrogens is 456 g/mol. The summed E-state index contributed by atoms with van der Waals surface area (Å²) in [6.45, 7) is -0.0933. The summed E-state index contributed by atoms with van der Waals surface area (Å²) in [5, 5.41) is 40.1. The summed E-state index contributed by atoms with van der Waals surface area (Å²) < 4.78 is 21.7. The van der Waals surface area contributed by atoms with Crippen LogP contribution in [0.2, 0.25) is 0 Å². The van der Waals surface area contributed by atoms with Crippen molar-refractivity contribution in [3.8, 4) is 56.8 Å². The van der Waals surface area contributed by atoms with Crippen molar-refractivity contribution in [2.45, 2.75) is 6.61 Å². The highest BCUT2D eigenvalue weighted by Gasteiger charge is 2.22. The summed E-state index contributed by atoms with van der Waals surface area (Å²) in [6.07, 6.45) is 0. The number of carboxylic acids is 1. The molecule has 0 saturated carbocycles. The molecule has 0 bridgehead atoms. The molecule has 1 aromatic heterocycles. The lowest BCUT2D eigenvalue weighted by Crippen LogP contribution is -1.97. The molecule has 0 saturated heterocycles. The molecule has 3 aromatic carbocycles. The normalized spacial score (nSPS) is 10.7. The maximum atomic E-state index is 11.1. The van der Waals surface area contributed by atoms with Crippen molar-refractivity contribution in [2.75, 3.05) is 14.2 Å². The minimum Gasteiger partial charge on any atom is -0.508 e. The van der Waals surface area contributed by atoms with Crippen LogP contribution in [0.3, 0.4) is 0 Å². The van der Waals surface area contributed by atoms with Gasteiger partial charge in [0.15, 0.2) is 23.0 Å². The molecule has 0 amide bonds. The highest BCUT2D eigenvalue weighted by molar-refractivity contribution is 5.88. The van der Waals surface area contributed by atoms with Gasteiger partial charge in [0, 0.05) is 5.56 Å². The first kappa shape index (κ1) is 23.4. The minimum absolute atomic E-state index is 0.0933. The fourth-order valence-corrected chi connectivity index (χ4v) is 3.64. The van der Waals surface area contributed by atoms with Crippen molar-refractivity contribution in [2.24, 2.45) is 0 Å². The summed E-state index contributed by atoms with van der Waals surface area (Å²) in [5.74, 6) is -0.773. The lowest BCUT2D eigenvalue weighted by atomic mass is 9.96. The van der Waals surface area contributed by atoms with Crippen LogP contribution in [-0.2, 0) is 6.61 Å². The molecule has 0 atom stereocenters. The Morgan fingerprint density at radius 1 is 0.857 bits per heavy atom. The van der Waals surface area contributed by atoms with Gasteiger partial charge in [0.1, 0.15) is 23.9 Å². The van der Waals surface area contributed by atoms with E-state index in [9.17, 15) is 20.1 Å². The van der Waals surface area contributed by atoms with Crippen LogP contribution in [0, 0.1) is 0 Å². The van der Waals surface area contributed by atoms with Gasteiger partial charge in [-0.1, -0.05) is 18.2 Å². The summed E-state index contributed by atoms with van der Waals surface area (Å²) in [4.78, 5) is 10.9. The van der Waals surface area contributed by atoms with Crippen LogP contribution in [-0.4, -0.2) is 40.6 Å². The highest BCUT2D eigenvalue weighted by Crippen LogP contribution is 2.50. The van der Waals surface area contributed by atoms with Crippen LogP contribution in [0.4, 0.5) is 0 Å². The number of carbonyl (C=O) groups is 1. The van der Waals surface area contributed by atoms with Crippen LogP contribution in [0.25, 0.3) is 22.3 Å². The Balaban J connectivity index is 1.67. The second-order valence-corrected chi connectivity index (χ2v) is 7.47. The average Bonchev–Trinajstić information content (AvgIpc) is 3.32. The maximum absolute atomic E-state index is 11.1. The molecule has 9 heteroatoms. The Morgan fingerprint density at radius 2 is 1.57 bits per heavy atom. The molecule has 9 nitrogen and oxygen atoms in total. The van der Waals surface area contributed by atoms with Gasteiger partial charge < -0.3 is 39.1 Å². The SMILES string of the molecule is COc1cc(-c2ccc(O)cc2)c(OC)c(O)c1-c1ccc(OCc2ccc(C(=O)O)o2)c(O)c1. The Labute approximate surface area is 200 Å². The first-order valence-corrected chi connectivity index (χ1v) is 10.4.